The average molecular weight is 606 g/mol. The third-order valence-corrected chi connectivity index (χ3v) is 11.8. The third kappa shape index (κ3) is 7.96. The van der Waals surface area contributed by atoms with Gasteiger partial charge in [-0.1, -0.05) is 57.8 Å². The fourth-order valence-corrected chi connectivity index (χ4v) is 8.83. The Hall–Kier alpha value is -2.96. The van der Waals surface area contributed by atoms with Gasteiger partial charge in [0.25, 0.3) is 0 Å². The molecule has 9 heteroatoms. The summed E-state index contributed by atoms with van der Waals surface area (Å²) < 4.78 is 27.6. The number of aromatic nitrogens is 1. The molecule has 2 N–H and O–H groups in total. The summed E-state index contributed by atoms with van der Waals surface area (Å²) >= 11 is 0. The molecule has 5 rings (SSSR count). The van der Waals surface area contributed by atoms with Gasteiger partial charge < -0.3 is 10.6 Å². The van der Waals surface area contributed by atoms with Crippen LogP contribution in [0, 0.1) is 23.2 Å². The molecule has 3 aliphatic rings. The van der Waals surface area contributed by atoms with Crippen molar-refractivity contribution >= 4 is 21.6 Å². The van der Waals surface area contributed by atoms with Crippen LogP contribution in [0.4, 0.5) is 5.69 Å². The van der Waals surface area contributed by atoms with E-state index in [-0.39, 0.29) is 22.8 Å². The second kappa shape index (κ2) is 15.2. The Morgan fingerprint density at radius 1 is 0.953 bits per heavy atom. The van der Waals surface area contributed by atoms with E-state index >= 15 is 0 Å². The van der Waals surface area contributed by atoms with Gasteiger partial charge >= 0.3 is 0 Å². The lowest BCUT2D eigenvalue weighted by atomic mass is 9.77. The number of hydrogen-bond donors (Lipinski definition) is 2. The minimum Gasteiger partial charge on any atom is -0.373 e. The van der Waals surface area contributed by atoms with Crippen LogP contribution in [0.1, 0.15) is 107 Å². The Kier molecular flexibility index (Phi) is 11.1. The number of pyridine rings is 1. The summed E-state index contributed by atoms with van der Waals surface area (Å²) in [5, 5.41) is 15.8. The van der Waals surface area contributed by atoms with Gasteiger partial charge in [0.15, 0.2) is 0 Å². The van der Waals surface area contributed by atoms with Crippen LogP contribution >= 0.6 is 0 Å². The highest BCUT2D eigenvalue weighted by Gasteiger charge is 2.41. The number of amides is 1. The van der Waals surface area contributed by atoms with Gasteiger partial charge in [-0.05, 0) is 79.8 Å². The molecule has 8 nitrogen and oxygen atoms in total. The lowest BCUT2D eigenvalue weighted by molar-refractivity contribution is -0.122. The molecule has 0 bridgehead atoms. The van der Waals surface area contributed by atoms with Crippen LogP contribution in [0.15, 0.2) is 47.6 Å². The largest absolute Gasteiger partial charge is 0.373 e. The highest BCUT2D eigenvalue weighted by Crippen LogP contribution is 2.44. The van der Waals surface area contributed by atoms with E-state index in [9.17, 15) is 13.2 Å². The van der Waals surface area contributed by atoms with E-state index in [1.54, 1.807) is 16.4 Å². The van der Waals surface area contributed by atoms with Gasteiger partial charge in [-0.2, -0.15) is 9.57 Å². The maximum Gasteiger partial charge on any atom is 0.243 e. The van der Waals surface area contributed by atoms with Crippen molar-refractivity contribution in [2.45, 2.75) is 107 Å². The topological polar surface area (TPSA) is 115 Å². The van der Waals surface area contributed by atoms with Crippen LogP contribution in [0.3, 0.4) is 0 Å². The number of nitrogens with zero attached hydrogens (tertiary/aromatic N) is 3. The summed E-state index contributed by atoms with van der Waals surface area (Å²) in [5.74, 6) is 1.27. The molecule has 2 aromatic rings. The van der Waals surface area contributed by atoms with E-state index in [0.717, 1.165) is 37.8 Å². The smallest absolute Gasteiger partial charge is 0.243 e. The molecule has 3 heterocycles. The number of benzene rings is 1. The molecule has 0 radical (unpaired) electrons. The van der Waals surface area contributed by atoms with Crippen molar-refractivity contribution in [2.24, 2.45) is 11.8 Å². The van der Waals surface area contributed by atoms with Gasteiger partial charge in [0.2, 0.25) is 15.9 Å². The predicted molar refractivity (Wildman–Crippen MR) is 169 cm³/mol. The highest BCUT2D eigenvalue weighted by atomic mass is 32.2. The molecule has 232 valence electrons. The molecule has 1 amide bonds. The van der Waals surface area contributed by atoms with Gasteiger partial charge in [-0.15, -0.1) is 0 Å². The summed E-state index contributed by atoms with van der Waals surface area (Å²) in [6.45, 7) is 1.71. The maximum absolute atomic E-state index is 13.5. The monoisotopic (exact) mass is 605 g/mol. The van der Waals surface area contributed by atoms with Crippen molar-refractivity contribution in [1.82, 2.24) is 14.6 Å². The zero-order valence-electron chi connectivity index (χ0n) is 25.3. The van der Waals surface area contributed by atoms with Crippen LogP contribution in [-0.2, 0) is 14.8 Å². The quantitative estimate of drug-likeness (QED) is 0.322. The number of nitriles is 1. The van der Waals surface area contributed by atoms with E-state index in [1.807, 2.05) is 24.5 Å². The van der Waals surface area contributed by atoms with Crippen LogP contribution in [0.25, 0.3) is 0 Å². The van der Waals surface area contributed by atoms with Crippen molar-refractivity contribution in [1.29, 1.82) is 5.26 Å². The van der Waals surface area contributed by atoms with Crippen LogP contribution in [0.2, 0.25) is 0 Å². The number of sulfonamides is 1. The van der Waals surface area contributed by atoms with Gasteiger partial charge in [0, 0.05) is 43.6 Å². The number of fused-ring (bicyclic) bond motifs is 1. The zero-order valence-corrected chi connectivity index (χ0v) is 26.2. The lowest BCUT2D eigenvalue weighted by Crippen LogP contribution is -2.43. The van der Waals surface area contributed by atoms with Crippen molar-refractivity contribution in [2.75, 3.05) is 25.0 Å². The molecular formula is C34H47N5O3S. The Morgan fingerprint density at radius 3 is 2.30 bits per heavy atom. The fourth-order valence-electron chi connectivity index (χ4n) is 7.36. The first-order chi connectivity index (χ1) is 21.0. The number of hydrogen-bond acceptors (Lipinski definition) is 6. The van der Waals surface area contributed by atoms with Crippen LogP contribution in [0.5, 0.6) is 0 Å². The van der Waals surface area contributed by atoms with Crippen LogP contribution < -0.4 is 10.6 Å². The lowest BCUT2D eigenvalue weighted by Gasteiger charge is -2.31. The van der Waals surface area contributed by atoms with Crippen LogP contribution in [-0.4, -0.2) is 49.3 Å². The fraction of sp³-hybridized carbons (Fsp3) is 0.618. The second-order valence-electron chi connectivity index (χ2n) is 12.7. The predicted octanol–water partition coefficient (Wildman–Crippen LogP) is 6.36. The Labute approximate surface area is 257 Å². The van der Waals surface area contributed by atoms with E-state index < -0.39 is 10.0 Å². The molecule has 1 saturated carbocycles. The zero-order chi connectivity index (χ0) is 30.1. The SMILES string of the molecule is N#Cc1ccc(S(=O)(=O)N2CCC(CCCCNC(=O)C3Nc4ccncc4C3C3CCCCCCCCC3)CC2)cc1. The molecule has 0 spiro atoms. The summed E-state index contributed by atoms with van der Waals surface area (Å²) in [4.78, 5) is 18.2. The number of carbonyl (C=O) groups is 1. The van der Waals surface area contributed by atoms with Crippen molar-refractivity contribution in [3.05, 3.63) is 53.9 Å². The Morgan fingerprint density at radius 2 is 1.63 bits per heavy atom. The first-order valence-electron chi connectivity index (χ1n) is 16.5. The van der Waals surface area contributed by atoms with E-state index in [1.165, 1.54) is 75.5 Å². The van der Waals surface area contributed by atoms with E-state index in [0.29, 0.717) is 37.0 Å². The molecular weight excluding hydrogens is 558 g/mol. The molecule has 2 aliphatic heterocycles. The highest BCUT2D eigenvalue weighted by molar-refractivity contribution is 7.89. The number of anilines is 1. The van der Waals surface area contributed by atoms with Crippen molar-refractivity contribution < 1.29 is 13.2 Å². The summed E-state index contributed by atoms with van der Waals surface area (Å²) in [7, 11) is -3.53. The summed E-state index contributed by atoms with van der Waals surface area (Å²) in [5.41, 5.74) is 2.72. The minimum atomic E-state index is -3.53. The summed E-state index contributed by atoms with van der Waals surface area (Å²) in [6.07, 6.45) is 19.9. The molecule has 2 fully saturated rings. The summed E-state index contributed by atoms with van der Waals surface area (Å²) in [6, 6.07) is 9.95. The molecule has 1 aromatic heterocycles. The maximum atomic E-state index is 13.5. The average Bonchev–Trinajstić information content (AvgIpc) is 3.43. The van der Waals surface area contributed by atoms with Crippen molar-refractivity contribution in [3.63, 3.8) is 0 Å². The van der Waals surface area contributed by atoms with Crippen molar-refractivity contribution in [3.8, 4) is 6.07 Å². The molecule has 2 atom stereocenters. The van der Waals surface area contributed by atoms with Gasteiger partial charge in [-0.25, -0.2) is 8.42 Å². The second-order valence-corrected chi connectivity index (χ2v) is 14.6. The number of piperidine rings is 1. The standard InChI is InChI=1S/C34H47N5O3S/c35-24-27-13-15-29(16-14-27)43(41,42)39-22-18-26(19-23-39)10-8-9-20-37-34(40)33-32(30-25-36-21-17-31(30)38-33)28-11-6-4-2-1-3-5-7-12-28/h13-17,21,25-26,28,32-33,38H,1-12,18-20,22-23H2,(H,37,40). The van der Waals surface area contributed by atoms with Gasteiger partial charge in [0.05, 0.1) is 16.5 Å². The number of carbonyl (C=O) groups excluding carboxylic acids is 1. The number of unbranched alkanes of at least 4 members (excludes halogenated alkanes) is 1. The minimum absolute atomic E-state index is 0.0969. The Bertz CT molecular complexity index is 1340. The first-order valence-corrected chi connectivity index (χ1v) is 17.9. The normalized spacial score (nSPS) is 22.7. The van der Waals surface area contributed by atoms with Gasteiger partial charge in [0.1, 0.15) is 6.04 Å². The van der Waals surface area contributed by atoms with E-state index in [4.69, 9.17) is 5.26 Å². The molecule has 43 heavy (non-hydrogen) atoms. The molecule has 1 saturated heterocycles. The Balaban J connectivity index is 1.07. The third-order valence-electron chi connectivity index (χ3n) is 9.85. The van der Waals surface area contributed by atoms with E-state index in [2.05, 4.69) is 15.6 Å². The first kappa shape index (κ1) is 31.5. The van der Waals surface area contributed by atoms with Gasteiger partial charge in [-0.3, -0.25) is 9.78 Å². The molecule has 1 aromatic carbocycles. The number of rotatable bonds is 9. The number of nitrogens with one attached hydrogen (secondary N) is 2. The molecule has 1 aliphatic carbocycles. The molecule has 2 unspecified atom stereocenters.